The van der Waals surface area contributed by atoms with Gasteiger partial charge in [-0.25, -0.2) is 0 Å². The summed E-state index contributed by atoms with van der Waals surface area (Å²) in [5.74, 6) is 0. The first-order valence-corrected chi connectivity index (χ1v) is 6.35. The molecule has 0 unspecified atom stereocenters. The molecule has 1 aromatic carbocycles. The Labute approximate surface area is 111 Å². The van der Waals surface area contributed by atoms with Gasteiger partial charge in [-0.05, 0) is 32.0 Å². The van der Waals surface area contributed by atoms with Gasteiger partial charge in [-0.15, -0.1) is 0 Å². The van der Waals surface area contributed by atoms with Crippen LogP contribution in [0.15, 0.2) is 18.2 Å². The number of likely N-dealkylation sites (tertiary alicyclic amines) is 1. The van der Waals surface area contributed by atoms with Gasteiger partial charge in [0.15, 0.2) is 0 Å². The Morgan fingerprint density at radius 1 is 1.42 bits per heavy atom. The standard InChI is InChI=1S/C13H16N4O2/c14-10-11-9-12(17(18)19)3-4-13(11)15-5-8-16-6-1-2-7-16/h3-4,9,15H,1-2,5-8H2. The summed E-state index contributed by atoms with van der Waals surface area (Å²) >= 11 is 0. The summed E-state index contributed by atoms with van der Waals surface area (Å²) in [6, 6.07) is 6.31. The molecule has 0 amide bonds. The van der Waals surface area contributed by atoms with Crippen LogP contribution < -0.4 is 5.32 Å². The minimum absolute atomic E-state index is 0.0540. The number of nitriles is 1. The highest BCUT2D eigenvalue weighted by molar-refractivity contribution is 5.61. The van der Waals surface area contributed by atoms with Crippen molar-refractivity contribution in [2.24, 2.45) is 0 Å². The largest absolute Gasteiger partial charge is 0.383 e. The van der Waals surface area contributed by atoms with E-state index in [1.807, 2.05) is 6.07 Å². The van der Waals surface area contributed by atoms with Crippen molar-refractivity contribution in [1.82, 2.24) is 4.90 Å². The summed E-state index contributed by atoms with van der Waals surface area (Å²) in [7, 11) is 0. The number of nitro benzene ring substituents is 1. The van der Waals surface area contributed by atoms with Gasteiger partial charge in [-0.3, -0.25) is 10.1 Å². The van der Waals surface area contributed by atoms with Gasteiger partial charge in [0, 0.05) is 25.2 Å². The molecule has 2 rings (SSSR count). The van der Waals surface area contributed by atoms with Crippen molar-refractivity contribution < 1.29 is 4.92 Å². The molecule has 0 radical (unpaired) electrons. The van der Waals surface area contributed by atoms with Crippen LogP contribution >= 0.6 is 0 Å². The third-order valence-corrected chi connectivity index (χ3v) is 3.28. The molecule has 0 aliphatic carbocycles. The van der Waals surface area contributed by atoms with Crippen molar-refractivity contribution in [3.8, 4) is 6.07 Å². The predicted octanol–water partition coefficient (Wildman–Crippen LogP) is 1.97. The molecule has 1 heterocycles. The Balaban J connectivity index is 1.95. The van der Waals surface area contributed by atoms with Crippen molar-refractivity contribution in [2.45, 2.75) is 12.8 Å². The number of anilines is 1. The molecular weight excluding hydrogens is 244 g/mol. The Bertz CT molecular complexity index is 504. The number of non-ortho nitro benzene ring substituents is 1. The van der Waals surface area contributed by atoms with Crippen LogP contribution in [0.1, 0.15) is 18.4 Å². The number of benzene rings is 1. The lowest BCUT2D eigenvalue weighted by Gasteiger charge is -2.15. The topological polar surface area (TPSA) is 82.2 Å². The highest BCUT2D eigenvalue weighted by atomic mass is 16.6. The maximum absolute atomic E-state index is 10.6. The monoisotopic (exact) mass is 260 g/mol. The number of nitrogens with one attached hydrogen (secondary N) is 1. The maximum Gasteiger partial charge on any atom is 0.270 e. The number of hydrogen-bond donors (Lipinski definition) is 1. The van der Waals surface area contributed by atoms with Gasteiger partial charge in [-0.1, -0.05) is 0 Å². The van der Waals surface area contributed by atoms with Crippen molar-refractivity contribution in [3.05, 3.63) is 33.9 Å². The average molecular weight is 260 g/mol. The first-order chi connectivity index (χ1) is 9.20. The van der Waals surface area contributed by atoms with Gasteiger partial charge in [0.25, 0.3) is 5.69 Å². The first kappa shape index (κ1) is 13.3. The second-order valence-corrected chi connectivity index (χ2v) is 4.57. The third kappa shape index (κ3) is 3.42. The molecule has 0 atom stereocenters. The lowest BCUT2D eigenvalue weighted by Crippen LogP contribution is -2.26. The number of nitro groups is 1. The van der Waals surface area contributed by atoms with Crippen LogP contribution in [0.3, 0.4) is 0 Å². The zero-order valence-corrected chi connectivity index (χ0v) is 10.6. The second-order valence-electron chi connectivity index (χ2n) is 4.57. The summed E-state index contributed by atoms with van der Waals surface area (Å²) in [6.07, 6.45) is 2.50. The van der Waals surface area contributed by atoms with Gasteiger partial charge in [0.1, 0.15) is 6.07 Å². The van der Waals surface area contributed by atoms with Crippen LogP contribution in [0.2, 0.25) is 0 Å². The molecule has 1 N–H and O–H groups in total. The minimum Gasteiger partial charge on any atom is -0.383 e. The fraction of sp³-hybridized carbons (Fsp3) is 0.462. The molecule has 0 spiro atoms. The van der Waals surface area contributed by atoms with Gasteiger partial charge in [0.05, 0.1) is 16.2 Å². The van der Waals surface area contributed by atoms with Crippen LogP contribution in [0.5, 0.6) is 0 Å². The van der Waals surface area contributed by atoms with Crippen molar-refractivity contribution in [2.75, 3.05) is 31.5 Å². The molecule has 1 aliphatic rings. The van der Waals surface area contributed by atoms with Gasteiger partial charge in [0.2, 0.25) is 0 Å². The molecule has 1 saturated heterocycles. The molecule has 1 aromatic rings. The smallest absolute Gasteiger partial charge is 0.270 e. The number of nitrogens with zero attached hydrogens (tertiary/aromatic N) is 3. The Morgan fingerprint density at radius 3 is 2.79 bits per heavy atom. The van der Waals surface area contributed by atoms with Crippen molar-refractivity contribution in [3.63, 3.8) is 0 Å². The van der Waals surface area contributed by atoms with E-state index < -0.39 is 4.92 Å². The molecule has 1 fully saturated rings. The van der Waals surface area contributed by atoms with Crippen molar-refractivity contribution in [1.29, 1.82) is 5.26 Å². The first-order valence-electron chi connectivity index (χ1n) is 6.35. The van der Waals surface area contributed by atoms with E-state index >= 15 is 0 Å². The normalized spacial score (nSPS) is 15.1. The molecule has 100 valence electrons. The number of hydrogen-bond acceptors (Lipinski definition) is 5. The van der Waals surface area contributed by atoms with E-state index in [-0.39, 0.29) is 5.69 Å². The van der Waals surface area contributed by atoms with Gasteiger partial charge in [-0.2, -0.15) is 5.26 Å². The highest BCUT2D eigenvalue weighted by Crippen LogP contribution is 2.21. The maximum atomic E-state index is 10.6. The van der Waals surface area contributed by atoms with Crippen molar-refractivity contribution >= 4 is 11.4 Å². The van der Waals surface area contributed by atoms with Crippen LogP contribution in [-0.2, 0) is 0 Å². The van der Waals surface area contributed by atoms with E-state index in [0.29, 0.717) is 11.3 Å². The Kier molecular flexibility index (Phi) is 4.31. The van der Waals surface area contributed by atoms with Crippen LogP contribution in [0, 0.1) is 21.4 Å². The summed E-state index contributed by atoms with van der Waals surface area (Å²) < 4.78 is 0. The molecule has 6 nitrogen and oxygen atoms in total. The lowest BCUT2D eigenvalue weighted by molar-refractivity contribution is -0.384. The predicted molar refractivity (Wildman–Crippen MR) is 72.0 cm³/mol. The third-order valence-electron chi connectivity index (χ3n) is 3.28. The average Bonchev–Trinajstić information content (AvgIpc) is 2.92. The van der Waals surface area contributed by atoms with E-state index in [9.17, 15) is 10.1 Å². The summed E-state index contributed by atoms with van der Waals surface area (Å²) in [4.78, 5) is 12.5. The van der Waals surface area contributed by atoms with E-state index in [1.165, 1.54) is 25.0 Å². The van der Waals surface area contributed by atoms with Gasteiger partial charge < -0.3 is 10.2 Å². The molecule has 19 heavy (non-hydrogen) atoms. The van der Waals surface area contributed by atoms with E-state index in [4.69, 9.17) is 5.26 Å². The summed E-state index contributed by atoms with van der Waals surface area (Å²) in [5, 5.41) is 22.8. The van der Waals surface area contributed by atoms with Crippen LogP contribution in [0.4, 0.5) is 11.4 Å². The van der Waals surface area contributed by atoms with Crippen LogP contribution in [-0.4, -0.2) is 36.0 Å². The summed E-state index contributed by atoms with van der Waals surface area (Å²) in [6.45, 7) is 3.94. The Hall–Kier alpha value is -2.13. The molecule has 0 bridgehead atoms. The van der Waals surface area contributed by atoms with E-state index in [0.717, 1.165) is 26.2 Å². The molecule has 6 heteroatoms. The van der Waals surface area contributed by atoms with E-state index in [2.05, 4.69) is 10.2 Å². The zero-order valence-electron chi connectivity index (χ0n) is 10.6. The van der Waals surface area contributed by atoms with Gasteiger partial charge >= 0.3 is 0 Å². The Morgan fingerprint density at radius 2 is 2.16 bits per heavy atom. The quantitative estimate of drug-likeness (QED) is 0.646. The summed E-state index contributed by atoms with van der Waals surface area (Å²) in [5.41, 5.74) is 0.921. The molecule has 0 aromatic heterocycles. The molecular formula is C13H16N4O2. The molecule has 0 saturated carbocycles. The zero-order chi connectivity index (χ0) is 13.7. The second kappa shape index (κ2) is 6.16. The lowest BCUT2D eigenvalue weighted by atomic mass is 10.1. The highest BCUT2D eigenvalue weighted by Gasteiger charge is 2.12. The fourth-order valence-electron chi connectivity index (χ4n) is 2.25. The molecule has 1 aliphatic heterocycles. The number of rotatable bonds is 5. The fourth-order valence-corrected chi connectivity index (χ4v) is 2.25. The van der Waals surface area contributed by atoms with Crippen LogP contribution in [0.25, 0.3) is 0 Å². The minimum atomic E-state index is -0.491. The SMILES string of the molecule is N#Cc1cc([N+](=O)[O-])ccc1NCCN1CCCC1. The van der Waals surface area contributed by atoms with E-state index in [1.54, 1.807) is 6.07 Å².